The summed E-state index contributed by atoms with van der Waals surface area (Å²) < 4.78 is 59.7. The first-order valence-electron chi connectivity index (χ1n) is 9.52. The van der Waals surface area contributed by atoms with Crippen molar-refractivity contribution in [3.8, 4) is 11.5 Å². The minimum atomic E-state index is -4.38. The van der Waals surface area contributed by atoms with Gasteiger partial charge >= 0.3 is 12.1 Å². The average molecular weight is 426 g/mol. The highest BCUT2D eigenvalue weighted by Gasteiger charge is 2.30. The fourth-order valence-electron chi connectivity index (χ4n) is 2.77. The first kappa shape index (κ1) is 23.5. The zero-order valence-corrected chi connectivity index (χ0v) is 17.1. The first-order chi connectivity index (χ1) is 14.3. The third-order valence-electron chi connectivity index (χ3n) is 4.24. The van der Waals surface area contributed by atoms with E-state index >= 15 is 0 Å². The number of rotatable bonds is 10. The minimum absolute atomic E-state index is 0.0602. The molecular weight excluding hydrogens is 401 g/mol. The molecular formula is C22H25F3O5. The summed E-state index contributed by atoms with van der Waals surface area (Å²) in [6.45, 7) is 4.19. The van der Waals surface area contributed by atoms with Crippen LogP contribution in [0.25, 0.3) is 0 Å². The van der Waals surface area contributed by atoms with Crippen LogP contribution in [0.5, 0.6) is 11.5 Å². The monoisotopic (exact) mass is 426 g/mol. The summed E-state index contributed by atoms with van der Waals surface area (Å²) in [5.74, 6) is 0.436. The lowest BCUT2D eigenvalue weighted by molar-refractivity contribution is -0.156. The molecule has 0 aliphatic rings. The average Bonchev–Trinajstić information content (AvgIpc) is 2.72. The Morgan fingerprint density at radius 2 is 1.63 bits per heavy atom. The molecule has 2 aromatic carbocycles. The van der Waals surface area contributed by atoms with E-state index in [2.05, 4.69) is 0 Å². The van der Waals surface area contributed by atoms with Crippen LogP contribution in [-0.4, -0.2) is 32.4 Å². The lowest BCUT2D eigenvalue weighted by Gasteiger charge is -2.17. The van der Waals surface area contributed by atoms with Crippen molar-refractivity contribution in [1.29, 1.82) is 0 Å². The SMILES string of the molecule is CCOC(=O)C(Cc1ccc(OC)c(OCc2ccc(C(F)(F)F)cc2)c1)OCC. The first-order valence-corrected chi connectivity index (χ1v) is 9.52. The Morgan fingerprint density at radius 3 is 2.20 bits per heavy atom. The van der Waals surface area contributed by atoms with E-state index in [0.29, 0.717) is 23.7 Å². The number of ether oxygens (including phenoxy) is 4. The number of hydrogen-bond acceptors (Lipinski definition) is 5. The van der Waals surface area contributed by atoms with Gasteiger partial charge in [0, 0.05) is 13.0 Å². The molecule has 1 unspecified atom stereocenters. The fourth-order valence-corrected chi connectivity index (χ4v) is 2.77. The molecule has 164 valence electrons. The number of alkyl halides is 3. The van der Waals surface area contributed by atoms with Gasteiger partial charge in [-0.15, -0.1) is 0 Å². The molecule has 0 aromatic heterocycles. The van der Waals surface area contributed by atoms with Crippen molar-refractivity contribution in [2.75, 3.05) is 20.3 Å². The molecule has 0 spiro atoms. The highest BCUT2D eigenvalue weighted by Crippen LogP contribution is 2.31. The van der Waals surface area contributed by atoms with Crippen LogP contribution in [0.15, 0.2) is 42.5 Å². The normalized spacial score (nSPS) is 12.3. The Kier molecular flexibility index (Phi) is 8.53. The fraction of sp³-hybridized carbons (Fsp3) is 0.409. The molecule has 1 atom stereocenters. The molecule has 0 aliphatic carbocycles. The molecule has 0 N–H and O–H groups in total. The number of halogens is 3. The minimum Gasteiger partial charge on any atom is -0.493 e. The standard InChI is InChI=1S/C22H25F3O5/c1-4-28-20(21(26)29-5-2)13-16-8-11-18(27-3)19(12-16)30-14-15-6-9-17(10-7-15)22(23,24)25/h6-12,20H,4-5,13-14H2,1-3H3. The molecule has 0 saturated carbocycles. The molecule has 2 aromatic rings. The Balaban J connectivity index is 2.12. The summed E-state index contributed by atoms with van der Waals surface area (Å²) in [7, 11) is 1.49. The predicted octanol–water partition coefficient (Wildman–Crippen LogP) is 4.80. The number of esters is 1. The zero-order chi connectivity index (χ0) is 22.1. The summed E-state index contributed by atoms with van der Waals surface area (Å²) in [6, 6.07) is 9.96. The van der Waals surface area contributed by atoms with Gasteiger partial charge in [0.2, 0.25) is 0 Å². The predicted molar refractivity (Wildman–Crippen MR) is 105 cm³/mol. The van der Waals surface area contributed by atoms with Crippen LogP contribution in [0.3, 0.4) is 0 Å². The molecule has 0 amide bonds. The van der Waals surface area contributed by atoms with E-state index in [1.165, 1.54) is 19.2 Å². The summed E-state index contributed by atoms with van der Waals surface area (Å²) in [5, 5.41) is 0. The highest BCUT2D eigenvalue weighted by atomic mass is 19.4. The van der Waals surface area contributed by atoms with E-state index < -0.39 is 23.8 Å². The van der Waals surface area contributed by atoms with Gasteiger partial charge in [-0.25, -0.2) is 4.79 Å². The second kappa shape index (κ2) is 10.9. The summed E-state index contributed by atoms with van der Waals surface area (Å²) >= 11 is 0. The van der Waals surface area contributed by atoms with E-state index in [0.717, 1.165) is 17.7 Å². The van der Waals surface area contributed by atoms with Crippen molar-refractivity contribution >= 4 is 5.97 Å². The van der Waals surface area contributed by atoms with Crippen molar-refractivity contribution in [1.82, 2.24) is 0 Å². The maximum atomic E-state index is 12.7. The van der Waals surface area contributed by atoms with Gasteiger partial charge in [-0.2, -0.15) is 13.2 Å². The Labute approximate surface area is 173 Å². The van der Waals surface area contributed by atoms with E-state index in [1.807, 2.05) is 0 Å². The third-order valence-corrected chi connectivity index (χ3v) is 4.24. The number of methoxy groups -OCH3 is 1. The maximum absolute atomic E-state index is 12.7. The van der Waals surface area contributed by atoms with Crippen molar-refractivity contribution in [3.05, 3.63) is 59.2 Å². The number of benzene rings is 2. The largest absolute Gasteiger partial charge is 0.493 e. The lowest BCUT2D eigenvalue weighted by atomic mass is 10.1. The molecule has 0 fully saturated rings. The second-order valence-corrected chi connectivity index (χ2v) is 6.37. The molecule has 0 radical (unpaired) electrons. The van der Waals surface area contributed by atoms with Gasteiger partial charge in [0.1, 0.15) is 6.61 Å². The smallest absolute Gasteiger partial charge is 0.416 e. The van der Waals surface area contributed by atoms with Crippen LogP contribution in [0.2, 0.25) is 0 Å². The number of hydrogen-bond donors (Lipinski definition) is 0. The van der Waals surface area contributed by atoms with Crippen LogP contribution in [0.1, 0.15) is 30.5 Å². The quantitative estimate of drug-likeness (QED) is 0.511. The third kappa shape index (κ3) is 6.66. The zero-order valence-electron chi connectivity index (χ0n) is 17.1. The van der Waals surface area contributed by atoms with Gasteiger partial charge < -0.3 is 18.9 Å². The molecule has 8 heteroatoms. The van der Waals surface area contributed by atoms with Gasteiger partial charge in [-0.05, 0) is 49.2 Å². The van der Waals surface area contributed by atoms with Crippen molar-refractivity contribution in [2.45, 2.75) is 39.2 Å². The summed E-state index contributed by atoms with van der Waals surface area (Å²) in [6.07, 6.45) is -4.84. The van der Waals surface area contributed by atoms with Crippen LogP contribution in [-0.2, 0) is 33.5 Å². The Morgan fingerprint density at radius 1 is 0.967 bits per heavy atom. The highest BCUT2D eigenvalue weighted by molar-refractivity contribution is 5.75. The van der Waals surface area contributed by atoms with Crippen LogP contribution >= 0.6 is 0 Å². The molecule has 0 bridgehead atoms. The van der Waals surface area contributed by atoms with Crippen molar-refractivity contribution in [3.63, 3.8) is 0 Å². The molecule has 5 nitrogen and oxygen atoms in total. The van der Waals surface area contributed by atoms with Crippen LogP contribution in [0.4, 0.5) is 13.2 Å². The van der Waals surface area contributed by atoms with Crippen LogP contribution < -0.4 is 9.47 Å². The van der Waals surface area contributed by atoms with Gasteiger partial charge in [0.15, 0.2) is 17.6 Å². The molecule has 0 saturated heterocycles. The molecule has 30 heavy (non-hydrogen) atoms. The van der Waals surface area contributed by atoms with E-state index in [-0.39, 0.29) is 19.6 Å². The molecule has 0 heterocycles. The van der Waals surface area contributed by atoms with Gasteiger partial charge in [0.25, 0.3) is 0 Å². The van der Waals surface area contributed by atoms with Gasteiger partial charge in [-0.1, -0.05) is 18.2 Å². The van der Waals surface area contributed by atoms with Gasteiger partial charge in [0.05, 0.1) is 19.3 Å². The van der Waals surface area contributed by atoms with Crippen LogP contribution in [0, 0.1) is 0 Å². The summed E-state index contributed by atoms with van der Waals surface area (Å²) in [5.41, 5.74) is 0.630. The van der Waals surface area contributed by atoms with Gasteiger partial charge in [-0.3, -0.25) is 0 Å². The molecule has 0 aliphatic heterocycles. The summed E-state index contributed by atoms with van der Waals surface area (Å²) in [4.78, 5) is 12.1. The lowest BCUT2D eigenvalue weighted by Crippen LogP contribution is -2.29. The van der Waals surface area contributed by atoms with E-state index in [1.54, 1.807) is 32.0 Å². The van der Waals surface area contributed by atoms with Crippen molar-refractivity contribution < 1.29 is 36.9 Å². The number of carbonyl (C=O) groups is 1. The van der Waals surface area contributed by atoms with Crippen molar-refractivity contribution in [2.24, 2.45) is 0 Å². The topological polar surface area (TPSA) is 54.0 Å². The second-order valence-electron chi connectivity index (χ2n) is 6.37. The van der Waals surface area contributed by atoms with E-state index in [9.17, 15) is 18.0 Å². The Hall–Kier alpha value is -2.74. The van der Waals surface area contributed by atoms with E-state index in [4.69, 9.17) is 18.9 Å². The molecule has 2 rings (SSSR count). The number of carbonyl (C=O) groups excluding carboxylic acids is 1. The maximum Gasteiger partial charge on any atom is 0.416 e. The Bertz CT molecular complexity index is 819.